The first-order valence-corrected chi connectivity index (χ1v) is 11.8. The average molecular weight is 547 g/mol. The Labute approximate surface area is 212 Å². The minimum absolute atomic E-state index is 0.0167. The Hall–Kier alpha value is -2.65. The van der Waals surface area contributed by atoms with Gasteiger partial charge in [0.05, 0.1) is 30.1 Å². The van der Waals surface area contributed by atoms with Gasteiger partial charge in [0, 0.05) is 37.6 Å². The monoisotopic (exact) mass is 546 g/mol. The van der Waals surface area contributed by atoms with E-state index in [0.29, 0.717) is 5.69 Å². The number of halogens is 5. The van der Waals surface area contributed by atoms with E-state index in [2.05, 4.69) is 20.6 Å². The highest BCUT2D eigenvalue weighted by Crippen LogP contribution is 2.47. The minimum Gasteiger partial charge on any atom is -0.394 e. The van der Waals surface area contributed by atoms with Crippen LogP contribution in [-0.4, -0.2) is 84.3 Å². The van der Waals surface area contributed by atoms with Crippen molar-refractivity contribution in [1.82, 2.24) is 30.0 Å². The molecular formula is C22H23ClF4N6O4. The van der Waals surface area contributed by atoms with Crippen LogP contribution >= 0.6 is 11.6 Å². The molecule has 0 radical (unpaired) electrons. The summed E-state index contributed by atoms with van der Waals surface area (Å²) in [6.07, 6.45) is -1.73. The Balaban J connectivity index is 1.40. The van der Waals surface area contributed by atoms with Gasteiger partial charge in [-0.05, 0) is 12.1 Å². The van der Waals surface area contributed by atoms with Crippen LogP contribution in [0.4, 0.5) is 17.6 Å². The second kappa shape index (κ2) is 9.91. The SMILES string of the molecule is CO[C@@H]1[C@@H](n2cc(-c3ccc(Cl)c(F)c3F)nn2)[C@@H](O)[C@@H](CO)O[C@@H]1Cn1cc(C2CC(F)(F)C2)nn1. The number of aliphatic hydroxyl groups is 2. The van der Waals surface area contributed by atoms with Gasteiger partial charge in [-0.15, -0.1) is 10.2 Å². The Morgan fingerprint density at radius 1 is 1.14 bits per heavy atom. The molecule has 3 aromatic rings. The predicted octanol–water partition coefficient (Wildman–Crippen LogP) is 2.36. The largest absolute Gasteiger partial charge is 0.394 e. The van der Waals surface area contributed by atoms with Crippen LogP contribution in [-0.2, 0) is 16.0 Å². The van der Waals surface area contributed by atoms with E-state index in [9.17, 15) is 27.8 Å². The molecule has 0 unspecified atom stereocenters. The van der Waals surface area contributed by atoms with E-state index in [-0.39, 0.29) is 41.6 Å². The minimum atomic E-state index is -2.70. The molecule has 1 aromatic carbocycles. The first-order valence-electron chi connectivity index (χ1n) is 11.4. The summed E-state index contributed by atoms with van der Waals surface area (Å²) < 4.78 is 69.1. The van der Waals surface area contributed by atoms with E-state index < -0.39 is 54.6 Å². The lowest BCUT2D eigenvalue weighted by Crippen LogP contribution is -2.57. The standard InChI is InChI=1S/C22H23ClF4N6O4/c1-36-21-15(8-32-6-13(28-30-32)10-4-22(26,27)5-10)37-16(9-34)20(35)19(21)33-7-14(29-31-33)11-2-3-12(23)18(25)17(11)24/h2-3,6-7,10,15-16,19-21,34-35H,4-5,8-9H2,1H3/t15-,16-,19+,20+,21+/m1/s1. The van der Waals surface area contributed by atoms with Crippen molar-refractivity contribution in [3.63, 3.8) is 0 Å². The van der Waals surface area contributed by atoms with Gasteiger partial charge in [0.15, 0.2) is 11.6 Å². The molecule has 1 saturated carbocycles. The average Bonchev–Trinajstić information content (AvgIpc) is 3.51. The number of benzene rings is 1. The number of methoxy groups -OCH3 is 1. The van der Waals surface area contributed by atoms with Crippen LogP contribution in [0.3, 0.4) is 0 Å². The van der Waals surface area contributed by atoms with Crippen LogP contribution < -0.4 is 0 Å². The van der Waals surface area contributed by atoms with E-state index >= 15 is 0 Å². The second-order valence-electron chi connectivity index (χ2n) is 9.21. The third kappa shape index (κ3) is 4.83. The van der Waals surface area contributed by atoms with Gasteiger partial charge in [0.25, 0.3) is 0 Å². The smallest absolute Gasteiger partial charge is 0.249 e. The molecule has 0 amide bonds. The molecule has 15 heteroatoms. The number of aliphatic hydroxyl groups excluding tert-OH is 2. The lowest BCUT2D eigenvalue weighted by molar-refractivity contribution is -0.216. The highest BCUT2D eigenvalue weighted by atomic mass is 35.5. The van der Waals surface area contributed by atoms with Crippen molar-refractivity contribution in [2.45, 2.75) is 61.7 Å². The first-order chi connectivity index (χ1) is 17.6. The molecule has 1 aliphatic heterocycles. The molecule has 2 N–H and O–H groups in total. The summed E-state index contributed by atoms with van der Waals surface area (Å²) in [5, 5.41) is 36.3. The van der Waals surface area contributed by atoms with E-state index in [1.165, 1.54) is 34.8 Å². The van der Waals surface area contributed by atoms with Crippen LogP contribution in [0.5, 0.6) is 0 Å². The van der Waals surface area contributed by atoms with Gasteiger partial charge >= 0.3 is 0 Å². The normalized spacial score (nSPS) is 27.8. The Morgan fingerprint density at radius 2 is 1.89 bits per heavy atom. The predicted molar refractivity (Wildman–Crippen MR) is 119 cm³/mol. The fraction of sp³-hybridized carbons (Fsp3) is 0.545. The molecule has 2 fully saturated rings. The van der Waals surface area contributed by atoms with Gasteiger partial charge in [-0.2, -0.15) is 0 Å². The molecule has 1 aliphatic carbocycles. The highest BCUT2D eigenvalue weighted by Gasteiger charge is 2.49. The summed E-state index contributed by atoms with van der Waals surface area (Å²) in [5.41, 5.74) is 0.233. The Morgan fingerprint density at radius 3 is 2.57 bits per heavy atom. The second-order valence-corrected chi connectivity index (χ2v) is 9.62. The third-order valence-corrected chi connectivity index (χ3v) is 7.09. The summed E-state index contributed by atoms with van der Waals surface area (Å²) in [6, 6.07) is 1.49. The fourth-order valence-electron chi connectivity index (χ4n) is 4.83. The molecule has 37 heavy (non-hydrogen) atoms. The number of hydrogen-bond acceptors (Lipinski definition) is 8. The van der Waals surface area contributed by atoms with Crippen LogP contribution in [0.1, 0.15) is 30.5 Å². The number of rotatable bonds is 7. The molecule has 5 rings (SSSR count). The molecule has 1 saturated heterocycles. The van der Waals surface area contributed by atoms with Crippen LogP contribution in [0.2, 0.25) is 5.02 Å². The first kappa shape index (κ1) is 26.0. The summed E-state index contributed by atoms with van der Waals surface area (Å²) in [5.74, 6) is -5.52. The van der Waals surface area contributed by atoms with Crippen LogP contribution in [0.15, 0.2) is 24.5 Å². The van der Waals surface area contributed by atoms with Gasteiger partial charge in [0.1, 0.15) is 36.2 Å². The van der Waals surface area contributed by atoms with Gasteiger partial charge in [-0.3, -0.25) is 0 Å². The van der Waals surface area contributed by atoms with Crippen molar-refractivity contribution in [2.24, 2.45) is 0 Å². The van der Waals surface area contributed by atoms with Gasteiger partial charge in [-0.1, -0.05) is 22.0 Å². The van der Waals surface area contributed by atoms with Crippen molar-refractivity contribution in [3.05, 3.63) is 46.9 Å². The quantitative estimate of drug-likeness (QED) is 0.342. The Bertz CT molecular complexity index is 1270. The van der Waals surface area contributed by atoms with E-state index in [1.54, 1.807) is 6.20 Å². The lowest BCUT2D eigenvalue weighted by Gasteiger charge is -2.43. The third-order valence-electron chi connectivity index (χ3n) is 6.79. The zero-order valence-corrected chi connectivity index (χ0v) is 20.1. The summed E-state index contributed by atoms with van der Waals surface area (Å²) in [4.78, 5) is 0. The van der Waals surface area contributed by atoms with E-state index in [4.69, 9.17) is 21.1 Å². The van der Waals surface area contributed by atoms with Crippen molar-refractivity contribution in [2.75, 3.05) is 13.7 Å². The number of ether oxygens (including phenoxy) is 2. The molecular weight excluding hydrogens is 524 g/mol. The zero-order valence-electron chi connectivity index (χ0n) is 19.4. The summed E-state index contributed by atoms with van der Waals surface area (Å²) in [7, 11) is 1.38. The number of aromatic nitrogens is 6. The summed E-state index contributed by atoms with van der Waals surface area (Å²) >= 11 is 5.63. The van der Waals surface area contributed by atoms with Crippen molar-refractivity contribution >= 4 is 11.6 Å². The highest BCUT2D eigenvalue weighted by molar-refractivity contribution is 6.30. The molecule has 2 aliphatic rings. The molecule has 200 valence electrons. The molecule has 0 bridgehead atoms. The molecule has 10 nitrogen and oxygen atoms in total. The number of alkyl halides is 2. The van der Waals surface area contributed by atoms with Crippen molar-refractivity contribution in [3.8, 4) is 11.3 Å². The van der Waals surface area contributed by atoms with E-state index in [1.807, 2.05) is 0 Å². The number of nitrogens with zero attached hydrogens (tertiary/aromatic N) is 6. The van der Waals surface area contributed by atoms with Crippen molar-refractivity contribution in [1.29, 1.82) is 0 Å². The molecule has 2 aromatic heterocycles. The fourth-order valence-corrected chi connectivity index (χ4v) is 4.97. The maximum Gasteiger partial charge on any atom is 0.249 e. The van der Waals surface area contributed by atoms with Crippen LogP contribution in [0.25, 0.3) is 11.3 Å². The number of hydrogen-bond donors (Lipinski definition) is 2. The van der Waals surface area contributed by atoms with Gasteiger partial charge in [-0.25, -0.2) is 26.9 Å². The van der Waals surface area contributed by atoms with Crippen LogP contribution in [0, 0.1) is 11.6 Å². The zero-order chi connectivity index (χ0) is 26.5. The maximum atomic E-state index is 14.5. The maximum absolute atomic E-state index is 14.5. The molecule has 3 heterocycles. The summed E-state index contributed by atoms with van der Waals surface area (Å²) in [6.45, 7) is -0.476. The van der Waals surface area contributed by atoms with Gasteiger partial charge in [0.2, 0.25) is 5.92 Å². The van der Waals surface area contributed by atoms with Gasteiger partial charge < -0.3 is 19.7 Å². The molecule has 0 spiro atoms. The topological polar surface area (TPSA) is 120 Å². The lowest BCUT2D eigenvalue weighted by atomic mass is 9.79. The molecule has 5 atom stereocenters. The van der Waals surface area contributed by atoms with Crippen molar-refractivity contribution < 1.29 is 37.2 Å². The van der Waals surface area contributed by atoms with E-state index in [0.717, 1.165) is 0 Å². The Kier molecular flexibility index (Phi) is 6.96.